The molecule has 3 rings (SSSR count). The lowest BCUT2D eigenvalue weighted by Crippen LogP contribution is -2.16. The van der Waals surface area contributed by atoms with Crippen LogP contribution in [0.3, 0.4) is 0 Å². The predicted octanol–water partition coefficient (Wildman–Crippen LogP) is 3.98. The summed E-state index contributed by atoms with van der Waals surface area (Å²) in [6.07, 6.45) is 0. The van der Waals surface area contributed by atoms with Gasteiger partial charge in [-0.1, -0.05) is 47.6 Å². The van der Waals surface area contributed by atoms with Gasteiger partial charge in [0.05, 0.1) is 13.7 Å². The number of ether oxygens (including phenoxy) is 1. The number of aromatic nitrogens is 1. The van der Waals surface area contributed by atoms with Crippen molar-refractivity contribution in [1.82, 2.24) is 10.1 Å². The Morgan fingerprint density at radius 3 is 2.61 bits per heavy atom. The van der Waals surface area contributed by atoms with Crippen LogP contribution >= 0.6 is 0 Å². The molecule has 4 heteroatoms. The van der Waals surface area contributed by atoms with Gasteiger partial charge in [-0.05, 0) is 24.7 Å². The van der Waals surface area contributed by atoms with Crippen molar-refractivity contribution in [2.24, 2.45) is 0 Å². The van der Waals surface area contributed by atoms with Gasteiger partial charge < -0.3 is 9.26 Å². The molecule has 0 atom stereocenters. The molecule has 0 aliphatic rings. The third-order valence-corrected chi connectivity index (χ3v) is 3.64. The molecule has 0 unspecified atom stereocenters. The SMILES string of the molecule is COc1cccc(CN(C)Cc2cc(-c3ccccc3)no2)c1. The van der Waals surface area contributed by atoms with Crippen LogP contribution in [0.4, 0.5) is 0 Å². The van der Waals surface area contributed by atoms with Crippen LogP contribution in [0.2, 0.25) is 0 Å². The molecule has 1 heterocycles. The van der Waals surface area contributed by atoms with Crippen LogP contribution < -0.4 is 4.74 Å². The lowest BCUT2D eigenvalue weighted by Gasteiger charge is -2.15. The molecule has 0 saturated heterocycles. The zero-order valence-corrected chi connectivity index (χ0v) is 13.4. The minimum absolute atomic E-state index is 0.705. The molecule has 4 nitrogen and oxygen atoms in total. The van der Waals surface area contributed by atoms with Gasteiger partial charge in [0, 0.05) is 18.2 Å². The second kappa shape index (κ2) is 7.11. The van der Waals surface area contributed by atoms with Crippen LogP contribution in [0, 0.1) is 0 Å². The second-order valence-electron chi connectivity index (χ2n) is 5.57. The van der Waals surface area contributed by atoms with Crippen molar-refractivity contribution >= 4 is 0 Å². The molecule has 2 aromatic carbocycles. The fourth-order valence-electron chi connectivity index (χ4n) is 2.54. The van der Waals surface area contributed by atoms with Gasteiger partial charge in [-0.25, -0.2) is 0 Å². The zero-order chi connectivity index (χ0) is 16.1. The molecule has 3 aromatic rings. The standard InChI is InChI=1S/C19H20N2O2/c1-21(13-15-7-6-10-17(11-15)22-2)14-18-12-19(20-23-18)16-8-4-3-5-9-16/h3-12H,13-14H2,1-2H3. The highest BCUT2D eigenvalue weighted by Crippen LogP contribution is 2.20. The third kappa shape index (κ3) is 3.99. The van der Waals surface area contributed by atoms with E-state index >= 15 is 0 Å². The summed E-state index contributed by atoms with van der Waals surface area (Å²) in [5.74, 6) is 1.73. The van der Waals surface area contributed by atoms with Gasteiger partial charge in [0.15, 0.2) is 5.76 Å². The Hall–Kier alpha value is -2.59. The zero-order valence-electron chi connectivity index (χ0n) is 13.4. The van der Waals surface area contributed by atoms with E-state index in [2.05, 4.69) is 23.2 Å². The molecular weight excluding hydrogens is 288 g/mol. The highest BCUT2D eigenvalue weighted by Gasteiger charge is 2.09. The lowest BCUT2D eigenvalue weighted by atomic mass is 10.1. The van der Waals surface area contributed by atoms with Crippen LogP contribution in [-0.2, 0) is 13.1 Å². The second-order valence-corrected chi connectivity index (χ2v) is 5.57. The van der Waals surface area contributed by atoms with Crippen molar-refractivity contribution < 1.29 is 9.26 Å². The highest BCUT2D eigenvalue weighted by atomic mass is 16.5. The number of benzene rings is 2. The minimum atomic E-state index is 0.705. The number of methoxy groups -OCH3 is 1. The summed E-state index contributed by atoms with van der Waals surface area (Å²) in [6.45, 7) is 1.52. The smallest absolute Gasteiger partial charge is 0.151 e. The average molecular weight is 308 g/mol. The molecule has 0 radical (unpaired) electrons. The van der Waals surface area contributed by atoms with Crippen LogP contribution in [0.25, 0.3) is 11.3 Å². The van der Waals surface area contributed by atoms with Crippen molar-refractivity contribution in [3.63, 3.8) is 0 Å². The fourth-order valence-corrected chi connectivity index (χ4v) is 2.54. The maximum absolute atomic E-state index is 5.46. The monoisotopic (exact) mass is 308 g/mol. The molecule has 0 aliphatic carbocycles. The molecule has 0 saturated carbocycles. The lowest BCUT2D eigenvalue weighted by molar-refractivity contribution is 0.266. The largest absolute Gasteiger partial charge is 0.497 e. The first-order valence-electron chi connectivity index (χ1n) is 7.57. The summed E-state index contributed by atoms with van der Waals surface area (Å²) in [6, 6.07) is 20.1. The maximum atomic E-state index is 5.46. The average Bonchev–Trinajstić information content (AvgIpc) is 3.04. The predicted molar refractivity (Wildman–Crippen MR) is 90.1 cm³/mol. The van der Waals surface area contributed by atoms with Gasteiger partial charge in [-0.2, -0.15) is 0 Å². The molecule has 0 aliphatic heterocycles. The van der Waals surface area contributed by atoms with E-state index in [0.29, 0.717) is 6.54 Å². The highest BCUT2D eigenvalue weighted by molar-refractivity contribution is 5.58. The Bertz CT molecular complexity index is 753. The molecule has 23 heavy (non-hydrogen) atoms. The Morgan fingerprint density at radius 2 is 1.83 bits per heavy atom. The summed E-state index contributed by atoms with van der Waals surface area (Å²) < 4.78 is 10.7. The van der Waals surface area contributed by atoms with Crippen molar-refractivity contribution in [2.45, 2.75) is 13.1 Å². The topological polar surface area (TPSA) is 38.5 Å². The molecule has 0 bridgehead atoms. The minimum Gasteiger partial charge on any atom is -0.497 e. The normalized spacial score (nSPS) is 10.9. The van der Waals surface area contributed by atoms with E-state index in [9.17, 15) is 0 Å². The van der Waals surface area contributed by atoms with Gasteiger partial charge >= 0.3 is 0 Å². The Kier molecular flexibility index (Phi) is 4.74. The van der Waals surface area contributed by atoms with E-state index in [4.69, 9.17) is 9.26 Å². The quantitative estimate of drug-likeness (QED) is 0.690. The van der Waals surface area contributed by atoms with Crippen molar-refractivity contribution in [1.29, 1.82) is 0 Å². The van der Waals surface area contributed by atoms with Crippen LogP contribution in [0.5, 0.6) is 5.75 Å². The summed E-state index contributed by atoms with van der Waals surface area (Å²) in [7, 11) is 3.74. The first kappa shape index (κ1) is 15.3. The summed E-state index contributed by atoms with van der Waals surface area (Å²) in [5, 5.41) is 4.15. The Morgan fingerprint density at radius 1 is 1.00 bits per heavy atom. The van der Waals surface area contributed by atoms with E-state index in [-0.39, 0.29) is 0 Å². The molecule has 1 aromatic heterocycles. The van der Waals surface area contributed by atoms with E-state index in [1.807, 2.05) is 54.6 Å². The van der Waals surface area contributed by atoms with Crippen molar-refractivity contribution in [2.75, 3.05) is 14.2 Å². The van der Waals surface area contributed by atoms with Gasteiger partial charge in [-0.3, -0.25) is 4.90 Å². The molecule has 0 amide bonds. The van der Waals surface area contributed by atoms with E-state index in [1.165, 1.54) is 5.56 Å². The summed E-state index contributed by atoms with van der Waals surface area (Å²) in [5.41, 5.74) is 3.14. The fraction of sp³-hybridized carbons (Fsp3) is 0.211. The van der Waals surface area contributed by atoms with E-state index < -0.39 is 0 Å². The third-order valence-electron chi connectivity index (χ3n) is 3.64. The van der Waals surface area contributed by atoms with Crippen LogP contribution in [0.15, 0.2) is 65.2 Å². The van der Waals surface area contributed by atoms with Crippen LogP contribution in [-0.4, -0.2) is 24.2 Å². The van der Waals surface area contributed by atoms with Crippen molar-refractivity contribution in [3.05, 3.63) is 72.0 Å². The van der Waals surface area contributed by atoms with Gasteiger partial charge in [-0.15, -0.1) is 0 Å². The number of hydrogen-bond donors (Lipinski definition) is 0. The van der Waals surface area contributed by atoms with Crippen molar-refractivity contribution in [3.8, 4) is 17.0 Å². The summed E-state index contributed by atoms with van der Waals surface area (Å²) in [4.78, 5) is 2.18. The number of nitrogens with zero attached hydrogens (tertiary/aromatic N) is 2. The molecule has 118 valence electrons. The van der Waals surface area contributed by atoms with Crippen LogP contribution in [0.1, 0.15) is 11.3 Å². The van der Waals surface area contributed by atoms with E-state index in [1.54, 1.807) is 7.11 Å². The molecular formula is C19H20N2O2. The van der Waals surface area contributed by atoms with Gasteiger partial charge in [0.2, 0.25) is 0 Å². The van der Waals surface area contributed by atoms with Gasteiger partial charge in [0.25, 0.3) is 0 Å². The number of rotatable bonds is 6. The van der Waals surface area contributed by atoms with E-state index in [0.717, 1.165) is 29.3 Å². The summed E-state index contributed by atoms with van der Waals surface area (Å²) >= 11 is 0. The maximum Gasteiger partial charge on any atom is 0.151 e. The first-order chi connectivity index (χ1) is 11.2. The molecule has 0 fully saturated rings. The Balaban J connectivity index is 1.64. The van der Waals surface area contributed by atoms with Gasteiger partial charge in [0.1, 0.15) is 11.4 Å². The molecule has 0 spiro atoms. The molecule has 0 N–H and O–H groups in total. The number of hydrogen-bond acceptors (Lipinski definition) is 4. The first-order valence-corrected chi connectivity index (χ1v) is 7.57. The Labute approximate surface area is 136 Å².